The Labute approximate surface area is 196 Å². The van der Waals surface area contributed by atoms with Crippen molar-refractivity contribution in [1.82, 2.24) is 14.8 Å². The number of rotatable bonds is 6. The molecule has 33 heavy (non-hydrogen) atoms. The highest BCUT2D eigenvalue weighted by Crippen LogP contribution is 2.44. The maximum atomic E-state index is 13.5. The number of fused-ring (bicyclic) bond motifs is 3. The van der Waals surface area contributed by atoms with E-state index in [-0.39, 0.29) is 34.8 Å². The smallest absolute Gasteiger partial charge is 0.295 e. The number of halogens is 2. The predicted molar refractivity (Wildman–Crippen MR) is 122 cm³/mol. The molecule has 0 saturated heterocycles. The Morgan fingerprint density at radius 1 is 1.18 bits per heavy atom. The largest absolute Gasteiger partial charge is 0.502 e. The molecule has 176 valence electrons. The van der Waals surface area contributed by atoms with Gasteiger partial charge in [-0.1, -0.05) is 38.4 Å². The van der Waals surface area contributed by atoms with Gasteiger partial charge < -0.3 is 15.3 Å². The van der Waals surface area contributed by atoms with Crippen LogP contribution in [0.4, 0.5) is 4.39 Å². The Bertz CT molecular complexity index is 1200. The van der Waals surface area contributed by atoms with Gasteiger partial charge in [0, 0.05) is 24.1 Å². The van der Waals surface area contributed by atoms with Crippen LogP contribution in [0.5, 0.6) is 5.75 Å². The van der Waals surface area contributed by atoms with E-state index < -0.39 is 35.1 Å². The highest BCUT2D eigenvalue weighted by atomic mass is 35.5. The highest BCUT2D eigenvalue weighted by Gasteiger charge is 2.46. The Kier molecular flexibility index (Phi) is 5.99. The zero-order chi connectivity index (χ0) is 24.1. The van der Waals surface area contributed by atoms with Crippen molar-refractivity contribution >= 4 is 23.4 Å². The average Bonchev–Trinajstić information content (AvgIpc) is 3.15. The van der Waals surface area contributed by atoms with Gasteiger partial charge >= 0.3 is 0 Å². The van der Waals surface area contributed by atoms with Crippen LogP contribution in [0, 0.1) is 11.2 Å². The molecule has 2 N–H and O–H groups in total. The van der Waals surface area contributed by atoms with Crippen LogP contribution in [0.3, 0.4) is 0 Å². The molecule has 1 aromatic carbocycles. The second-order valence-corrected chi connectivity index (χ2v) is 9.16. The zero-order valence-electron chi connectivity index (χ0n) is 18.9. The number of nitrogens with zero attached hydrogens (tertiary/aromatic N) is 2. The molecule has 2 aliphatic rings. The van der Waals surface area contributed by atoms with Gasteiger partial charge in [0.05, 0.1) is 10.6 Å². The summed E-state index contributed by atoms with van der Waals surface area (Å²) in [5.41, 5.74) is -0.0497. The number of amides is 2. The Balaban J connectivity index is 1.78. The van der Waals surface area contributed by atoms with Crippen molar-refractivity contribution in [2.75, 3.05) is 6.54 Å². The van der Waals surface area contributed by atoms with Gasteiger partial charge in [0.1, 0.15) is 17.7 Å². The first kappa shape index (κ1) is 23.3. The van der Waals surface area contributed by atoms with Crippen LogP contribution < -0.4 is 10.9 Å². The fourth-order valence-electron chi connectivity index (χ4n) is 5.23. The fourth-order valence-corrected chi connectivity index (χ4v) is 5.43. The number of nitrogens with one attached hydrogen (secondary N) is 1. The Morgan fingerprint density at radius 3 is 2.45 bits per heavy atom. The van der Waals surface area contributed by atoms with Crippen molar-refractivity contribution in [2.24, 2.45) is 5.41 Å². The van der Waals surface area contributed by atoms with Gasteiger partial charge in [-0.05, 0) is 43.4 Å². The van der Waals surface area contributed by atoms with Crippen molar-refractivity contribution in [3.8, 4) is 5.75 Å². The summed E-state index contributed by atoms with van der Waals surface area (Å²) < 4.78 is 14.8. The van der Waals surface area contributed by atoms with Crippen LogP contribution in [0.1, 0.15) is 78.2 Å². The third-order valence-corrected chi connectivity index (χ3v) is 7.70. The fraction of sp³-hybridized carbons (Fsp3) is 0.458. The molecule has 1 unspecified atom stereocenters. The van der Waals surface area contributed by atoms with Crippen LogP contribution in [-0.2, 0) is 13.0 Å². The van der Waals surface area contributed by atoms with Gasteiger partial charge in [0.15, 0.2) is 5.75 Å². The topological polar surface area (TPSA) is 91.6 Å². The number of hydrogen-bond acceptors (Lipinski definition) is 4. The van der Waals surface area contributed by atoms with Crippen molar-refractivity contribution in [2.45, 2.75) is 59.2 Å². The molecule has 1 atom stereocenters. The molecule has 0 saturated carbocycles. The first-order valence-corrected chi connectivity index (χ1v) is 11.6. The number of carbonyl (C=O) groups is 2. The molecule has 2 aliphatic heterocycles. The molecule has 3 heterocycles. The Morgan fingerprint density at radius 2 is 1.85 bits per heavy atom. The minimum absolute atomic E-state index is 0.0507. The normalized spacial score (nSPS) is 17.7. The third kappa shape index (κ3) is 3.51. The molecule has 9 heteroatoms. The van der Waals surface area contributed by atoms with Crippen molar-refractivity contribution in [3.05, 3.63) is 61.8 Å². The summed E-state index contributed by atoms with van der Waals surface area (Å²) in [6.45, 7) is 6.47. The van der Waals surface area contributed by atoms with Gasteiger partial charge in [-0.2, -0.15) is 0 Å². The van der Waals surface area contributed by atoms with Crippen LogP contribution in [0.15, 0.2) is 23.0 Å². The average molecular weight is 476 g/mol. The van der Waals surface area contributed by atoms with Crippen molar-refractivity contribution in [1.29, 1.82) is 0 Å². The lowest BCUT2D eigenvalue weighted by molar-refractivity contribution is 0.0720. The minimum Gasteiger partial charge on any atom is -0.502 e. The second kappa shape index (κ2) is 8.48. The molecule has 1 aromatic heterocycles. The summed E-state index contributed by atoms with van der Waals surface area (Å²) in [5, 5.41) is 13.7. The van der Waals surface area contributed by atoms with E-state index in [1.54, 1.807) is 0 Å². The standard InChI is InChI=1S/C24H27ClFN3O4/c1-4-24(5-2,6-3)23-27-20(31)18-14-9-10-28(12-13-7-8-16(26)15(25)11-13)21(32)17(14)19(30)22(33)29(18)23/h7-8,11,23,30H,4-6,9-10,12H2,1-3H3,(H,27,31). The Hall–Kier alpha value is -2.87. The number of hydrogen-bond donors (Lipinski definition) is 2. The molecule has 0 aliphatic carbocycles. The maximum absolute atomic E-state index is 13.5. The van der Waals surface area contributed by atoms with Crippen LogP contribution in [0.2, 0.25) is 5.02 Å². The van der Waals surface area contributed by atoms with E-state index in [0.717, 1.165) is 19.3 Å². The number of pyridine rings is 1. The van der Waals surface area contributed by atoms with Gasteiger partial charge in [-0.25, -0.2) is 4.39 Å². The van der Waals surface area contributed by atoms with Crippen LogP contribution in [0.25, 0.3) is 0 Å². The van der Waals surface area contributed by atoms with Crippen molar-refractivity contribution in [3.63, 3.8) is 0 Å². The quantitative estimate of drug-likeness (QED) is 0.660. The first-order chi connectivity index (χ1) is 15.7. The summed E-state index contributed by atoms with van der Waals surface area (Å²) in [4.78, 5) is 41.0. The lowest BCUT2D eigenvalue weighted by atomic mass is 9.76. The van der Waals surface area contributed by atoms with Gasteiger partial charge in [0.25, 0.3) is 17.4 Å². The summed E-state index contributed by atoms with van der Waals surface area (Å²) >= 11 is 5.85. The molecule has 0 spiro atoms. The van der Waals surface area contributed by atoms with E-state index in [2.05, 4.69) is 5.32 Å². The number of aromatic nitrogens is 1. The SMILES string of the molecule is CCC(CC)(CC)C1NC(=O)c2c3c(c(O)c(=O)n21)C(=O)N(Cc1ccc(F)c(Cl)c1)CC3. The second-order valence-electron chi connectivity index (χ2n) is 8.75. The van der Waals surface area contributed by atoms with Crippen LogP contribution in [-0.4, -0.2) is 32.9 Å². The van der Waals surface area contributed by atoms with Crippen LogP contribution >= 0.6 is 11.6 Å². The van der Waals surface area contributed by atoms with Gasteiger partial charge in [-0.15, -0.1) is 0 Å². The van der Waals surface area contributed by atoms with E-state index >= 15 is 0 Å². The molecule has 4 rings (SSSR count). The van der Waals surface area contributed by atoms with E-state index in [9.17, 15) is 23.9 Å². The molecule has 0 radical (unpaired) electrons. The lowest BCUT2D eigenvalue weighted by Crippen LogP contribution is -2.43. The molecular weight excluding hydrogens is 449 g/mol. The monoisotopic (exact) mass is 475 g/mol. The van der Waals surface area contributed by atoms with E-state index in [4.69, 9.17) is 11.6 Å². The summed E-state index contributed by atoms with van der Waals surface area (Å²) in [6, 6.07) is 4.19. The summed E-state index contributed by atoms with van der Waals surface area (Å²) in [6.07, 6.45) is 1.93. The van der Waals surface area contributed by atoms with E-state index in [0.29, 0.717) is 17.5 Å². The molecule has 0 fully saturated rings. The van der Waals surface area contributed by atoms with E-state index in [1.165, 1.54) is 27.7 Å². The first-order valence-electron chi connectivity index (χ1n) is 11.2. The third-order valence-electron chi connectivity index (χ3n) is 7.41. The van der Waals surface area contributed by atoms with E-state index in [1.807, 2.05) is 20.8 Å². The van der Waals surface area contributed by atoms with Crippen molar-refractivity contribution < 1.29 is 19.1 Å². The molecule has 0 bridgehead atoms. The molecule has 2 amide bonds. The molecule has 7 nitrogen and oxygen atoms in total. The zero-order valence-corrected chi connectivity index (χ0v) is 19.6. The van der Waals surface area contributed by atoms with Gasteiger partial charge in [0.2, 0.25) is 0 Å². The maximum Gasteiger partial charge on any atom is 0.295 e. The number of benzene rings is 1. The molecular formula is C24H27ClFN3O4. The summed E-state index contributed by atoms with van der Waals surface area (Å²) in [7, 11) is 0. The summed E-state index contributed by atoms with van der Waals surface area (Å²) in [5.74, 6) is -2.14. The highest BCUT2D eigenvalue weighted by molar-refractivity contribution is 6.30. The number of carbonyl (C=O) groups excluding carboxylic acids is 2. The van der Waals surface area contributed by atoms with Gasteiger partial charge in [-0.3, -0.25) is 19.0 Å². The predicted octanol–water partition coefficient (Wildman–Crippen LogP) is 4.00. The molecule has 2 aromatic rings. The lowest BCUT2D eigenvalue weighted by Gasteiger charge is -2.37. The number of aromatic hydroxyl groups is 1. The minimum atomic E-state index is -0.744.